The maximum absolute atomic E-state index is 5.64. The Labute approximate surface area is 133 Å². The van der Waals surface area contributed by atoms with Crippen LogP contribution in [0.3, 0.4) is 0 Å². The largest absolute Gasteiger partial charge is 0.496 e. The molecule has 1 aliphatic rings. The van der Waals surface area contributed by atoms with Crippen molar-refractivity contribution >= 4 is 5.84 Å². The molecule has 0 atom stereocenters. The van der Waals surface area contributed by atoms with Crippen molar-refractivity contribution in [3.05, 3.63) is 30.4 Å². The predicted molar refractivity (Wildman–Crippen MR) is 82.2 cm³/mol. The van der Waals surface area contributed by atoms with Crippen LogP contribution in [0.2, 0.25) is 0 Å². The second kappa shape index (κ2) is 6.55. The fraction of sp³-hybridized carbons (Fsp3) is 0.400. The van der Waals surface area contributed by atoms with E-state index in [0.717, 1.165) is 0 Å². The SMILES string of the molecule is COc1cc2c(cc1/C(=N/OC(C)C)n1cncn1)OCCO2. The summed E-state index contributed by atoms with van der Waals surface area (Å²) in [6.45, 7) is 4.79. The van der Waals surface area contributed by atoms with Gasteiger partial charge in [-0.3, -0.25) is 0 Å². The summed E-state index contributed by atoms with van der Waals surface area (Å²) in [4.78, 5) is 9.35. The van der Waals surface area contributed by atoms with E-state index in [4.69, 9.17) is 19.0 Å². The molecule has 0 saturated heterocycles. The third kappa shape index (κ3) is 3.20. The number of oxime groups is 1. The Bertz CT molecular complexity index is 698. The Balaban J connectivity index is 2.09. The molecule has 0 unspecified atom stereocenters. The van der Waals surface area contributed by atoms with Crippen molar-refractivity contribution in [3.63, 3.8) is 0 Å². The number of methoxy groups -OCH3 is 1. The van der Waals surface area contributed by atoms with Crippen molar-refractivity contribution in [2.75, 3.05) is 20.3 Å². The van der Waals surface area contributed by atoms with E-state index in [1.165, 1.54) is 11.0 Å². The first kappa shape index (κ1) is 15.1. The van der Waals surface area contributed by atoms with E-state index in [1.807, 2.05) is 13.8 Å². The first-order chi connectivity index (χ1) is 11.2. The van der Waals surface area contributed by atoms with Crippen molar-refractivity contribution in [3.8, 4) is 17.2 Å². The van der Waals surface area contributed by atoms with Gasteiger partial charge in [0.05, 0.1) is 12.7 Å². The zero-order chi connectivity index (χ0) is 16.2. The fourth-order valence-corrected chi connectivity index (χ4v) is 2.10. The van der Waals surface area contributed by atoms with Gasteiger partial charge in [-0.05, 0) is 19.9 Å². The number of rotatable bonds is 4. The summed E-state index contributed by atoms with van der Waals surface area (Å²) in [7, 11) is 1.58. The molecule has 8 nitrogen and oxygen atoms in total. The van der Waals surface area contributed by atoms with Crippen LogP contribution in [0.15, 0.2) is 29.9 Å². The van der Waals surface area contributed by atoms with Gasteiger partial charge in [-0.2, -0.15) is 9.78 Å². The lowest BCUT2D eigenvalue weighted by Gasteiger charge is -2.21. The zero-order valence-corrected chi connectivity index (χ0v) is 13.2. The summed E-state index contributed by atoms with van der Waals surface area (Å²) in [5.41, 5.74) is 0.669. The average molecular weight is 318 g/mol. The summed E-state index contributed by atoms with van der Waals surface area (Å²) in [6, 6.07) is 3.57. The molecule has 8 heteroatoms. The van der Waals surface area contributed by atoms with Crippen molar-refractivity contribution < 1.29 is 19.0 Å². The minimum atomic E-state index is -0.0725. The van der Waals surface area contributed by atoms with Crippen LogP contribution in [0, 0.1) is 0 Å². The highest BCUT2D eigenvalue weighted by atomic mass is 16.6. The van der Waals surface area contributed by atoms with Gasteiger partial charge >= 0.3 is 0 Å². The molecule has 0 amide bonds. The minimum Gasteiger partial charge on any atom is -0.496 e. The van der Waals surface area contributed by atoms with Gasteiger partial charge in [-0.1, -0.05) is 5.16 Å². The van der Waals surface area contributed by atoms with Crippen LogP contribution in [-0.4, -0.2) is 47.0 Å². The van der Waals surface area contributed by atoms with Gasteiger partial charge < -0.3 is 19.0 Å². The second-order valence-corrected chi connectivity index (χ2v) is 5.11. The van der Waals surface area contributed by atoms with E-state index in [-0.39, 0.29) is 6.10 Å². The summed E-state index contributed by atoms with van der Waals surface area (Å²) >= 11 is 0. The third-order valence-corrected chi connectivity index (χ3v) is 3.09. The van der Waals surface area contributed by atoms with E-state index in [0.29, 0.717) is 41.9 Å². The lowest BCUT2D eigenvalue weighted by molar-refractivity contribution is 0.0851. The summed E-state index contributed by atoms with van der Waals surface area (Å²) in [5.74, 6) is 2.30. The molecule has 0 N–H and O–H groups in total. The fourth-order valence-electron chi connectivity index (χ4n) is 2.10. The molecule has 0 saturated carbocycles. The molecule has 3 rings (SSSR count). The summed E-state index contributed by atoms with van der Waals surface area (Å²) < 4.78 is 18.2. The Morgan fingerprint density at radius 3 is 2.61 bits per heavy atom. The standard InChI is InChI=1S/C15H18N4O4/c1-10(2)23-18-15(19-9-16-8-17-19)11-6-13-14(7-12(11)20-3)22-5-4-21-13/h6-10H,4-5H2,1-3H3/b18-15-. The molecule has 1 aliphatic heterocycles. The molecule has 122 valence electrons. The van der Waals surface area contributed by atoms with E-state index in [2.05, 4.69) is 15.2 Å². The quantitative estimate of drug-likeness (QED) is 0.485. The molecule has 0 bridgehead atoms. The number of aromatic nitrogens is 3. The maximum atomic E-state index is 5.64. The minimum absolute atomic E-state index is 0.0725. The van der Waals surface area contributed by atoms with Crippen LogP contribution in [0.25, 0.3) is 0 Å². The van der Waals surface area contributed by atoms with Gasteiger partial charge in [0.25, 0.3) is 0 Å². The van der Waals surface area contributed by atoms with E-state index in [9.17, 15) is 0 Å². The first-order valence-electron chi connectivity index (χ1n) is 7.26. The van der Waals surface area contributed by atoms with Crippen LogP contribution in [-0.2, 0) is 4.84 Å². The van der Waals surface area contributed by atoms with Crippen LogP contribution >= 0.6 is 0 Å². The summed E-state index contributed by atoms with van der Waals surface area (Å²) in [6.07, 6.45) is 2.89. The number of fused-ring (bicyclic) bond motifs is 1. The highest BCUT2D eigenvalue weighted by molar-refractivity contribution is 6.02. The Morgan fingerprint density at radius 2 is 2.00 bits per heavy atom. The molecule has 2 heterocycles. The Kier molecular flexibility index (Phi) is 4.31. The molecule has 1 aromatic heterocycles. The monoisotopic (exact) mass is 318 g/mol. The Hall–Kier alpha value is -2.77. The van der Waals surface area contributed by atoms with Crippen molar-refractivity contribution in [1.82, 2.24) is 14.8 Å². The van der Waals surface area contributed by atoms with E-state index < -0.39 is 0 Å². The van der Waals surface area contributed by atoms with Crippen LogP contribution in [0.1, 0.15) is 19.4 Å². The van der Waals surface area contributed by atoms with Gasteiger partial charge in [0.2, 0.25) is 5.84 Å². The average Bonchev–Trinajstić information content (AvgIpc) is 3.08. The van der Waals surface area contributed by atoms with E-state index in [1.54, 1.807) is 25.6 Å². The van der Waals surface area contributed by atoms with E-state index >= 15 is 0 Å². The predicted octanol–water partition coefficient (Wildman–Crippen LogP) is 1.69. The lowest BCUT2D eigenvalue weighted by atomic mass is 10.1. The van der Waals surface area contributed by atoms with Crippen LogP contribution in [0.5, 0.6) is 17.2 Å². The normalized spacial score (nSPS) is 14.0. The molecule has 0 aliphatic carbocycles. The van der Waals surface area contributed by atoms with Gasteiger partial charge in [0.15, 0.2) is 11.5 Å². The second-order valence-electron chi connectivity index (χ2n) is 5.11. The van der Waals surface area contributed by atoms with Crippen molar-refractivity contribution in [1.29, 1.82) is 0 Å². The molecule has 23 heavy (non-hydrogen) atoms. The zero-order valence-electron chi connectivity index (χ0n) is 13.2. The van der Waals surface area contributed by atoms with Gasteiger partial charge in [0.1, 0.15) is 37.7 Å². The molecule has 2 aromatic rings. The van der Waals surface area contributed by atoms with Crippen molar-refractivity contribution in [2.24, 2.45) is 5.16 Å². The van der Waals surface area contributed by atoms with Crippen molar-refractivity contribution in [2.45, 2.75) is 20.0 Å². The highest BCUT2D eigenvalue weighted by Gasteiger charge is 2.21. The van der Waals surface area contributed by atoms with Gasteiger partial charge in [-0.15, -0.1) is 0 Å². The number of ether oxygens (including phenoxy) is 3. The molecular formula is C15H18N4O4. The number of hydrogen-bond acceptors (Lipinski definition) is 7. The van der Waals surface area contributed by atoms with Crippen LogP contribution in [0.4, 0.5) is 0 Å². The smallest absolute Gasteiger partial charge is 0.205 e. The van der Waals surface area contributed by atoms with Gasteiger partial charge in [-0.25, -0.2) is 4.98 Å². The number of hydrogen-bond donors (Lipinski definition) is 0. The number of nitrogens with zero attached hydrogens (tertiary/aromatic N) is 4. The highest BCUT2D eigenvalue weighted by Crippen LogP contribution is 2.37. The number of benzene rings is 1. The molecular weight excluding hydrogens is 300 g/mol. The lowest BCUT2D eigenvalue weighted by Crippen LogP contribution is -2.19. The third-order valence-electron chi connectivity index (χ3n) is 3.09. The van der Waals surface area contributed by atoms with Crippen LogP contribution < -0.4 is 14.2 Å². The van der Waals surface area contributed by atoms with Gasteiger partial charge in [0, 0.05) is 6.07 Å². The summed E-state index contributed by atoms with van der Waals surface area (Å²) in [5, 5.41) is 8.32. The molecule has 0 fully saturated rings. The Morgan fingerprint density at radius 1 is 1.26 bits per heavy atom. The first-order valence-corrected chi connectivity index (χ1v) is 7.26. The topological polar surface area (TPSA) is 80.0 Å². The molecule has 0 spiro atoms. The molecule has 0 radical (unpaired) electrons. The maximum Gasteiger partial charge on any atom is 0.205 e. The molecule has 1 aromatic carbocycles.